The van der Waals surface area contributed by atoms with Crippen LogP contribution in [0.3, 0.4) is 0 Å². The van der Waals surface area contributed by atoms with Crippen LogP contribution in [-0.4, -0.2) is 31.7 Å². The first-order valence-electron chi connectivity index (χ1n) is 9.61. The Morgan fingerprint density at radius 2 is 1.75 bits per heavy atom. The van der Waals surface area contributed by atoms with E-state index in [9.17, 15) is 13.2 Å². The summed E-state index contributed by atoms with van der Waals surface area (Å²) in [6.07, 6.45) is 1.34. The van der Waals surface area contributed by atoms with Crippen LogP contribution in [0.25, 0.3) is 0 Å². The van der Waals surface area contributed by atoms with Crippen molar-refractivity contribution in [1.82, 2.24) is 9.62 Å². The third kappa shape index (κ3) is 4.45. The number of carbonyl (C=O) groups excluding carboxylic acids is 1. The van der Waals surface area contributed by atoms with Gasteiger partial charge in [0, 0.05) is 19.6 Å². The summed E-state index contributed by atoms with van der Waals surface area (Å²) in [4.78, 5) is 13.2. The van der Waals surface area contributed by atoms with Crippen LogP contribution in [0.1, 0.15) is 36.5 Å². The number of carbonyl (C=O) groups is 1. The lowest BCUT2D eigenvalue weighted by Crippen LogP contribution is -2.51. The van der Waals surface area contributed by atoms with E-state index in [2.05, 4.69) is 5.32 Å². The van der Waals surface area contributed by atoms with E-state index in [0.717, 1.165) is 16.7 Å². The minimum Gasteiger partial charge on any atom is -0.352 e. The minimum absolute atomic E-state index is 0.100. The van der Waals surface area contributed by atoms with Crippen molar-refractivity contribution in [2.75, 3.05) is 13.1 Å². The summed E-state index contributed by atoms with van der Waals surface area (Å²) in [6.45, 7) is 6.72. The van der Waals surface area contributed by atoms with Crippen molar-refractivity contribution in [3.8, 4) is 0 Å². The van der Waals surface area contributed by atoms with Crippen LogP contribution in [0, 0.1) is 19.3 Å². The van der Waals surface area contributed by atoms with E-state index < -0.39 is 15.4 Å². The van der Waals surface area contributed by atoms with Crippen molar-refractivity contribution in [3.05, 3.63) is 65.2 Å². The van der Waals surface area contributed by atoms with Crippen LogP contribution in [0.5, 0.6) is 0 Å². The lowest BCUT2D eigenvalue weighted by atomic mass is 9.82. The van der Waals surface area contributed by atoms with Crippen molar-refractivity contribution < 1.29 is 13.2 Å². The van der Waals surface area contributed by atoms with Crippen molar-refractivity contribution in [2.45, 2.75) is 45.1 Å². The van der Waals surface area contributed by atoms with E-state index in [-0.39, 0.29) is 12.5 Å². The Balaban J connectivity index is 1.75. The van der Waals surface area contributed by atoms with Crippen molar-refractivity contribution in [3.63, 3.8) is 0 Å². The molecule has 1 N–H and O–H groups in total. The lowest BCUT2D eigenvalue weighted by Gasteiger charge is -2.38. The summed E-state index contributed by atoms with van der Waals surface area (Å²) in [5.74, 6) is -0.100. The van der Waals surface area contributed by atoms with Crippen LogP contribution < -0.4 is 5.32 Å². The fourth-order valence-electron chi connectivity index (χ4n) is 3.81. The Morgan fingerprint density at radius 3 is 2.39 bits per heavy atom. The van der Waals surface area contributed by atoms with Gasteiger partial charge in [0.2, 0.25) is 15.9 Å². The smallest absolute Gasteiger partial charge is 0.243 e. The normalized spacial score (nSPS) is 20.7. The quantitative estimate of drug-likeness (QED) is 0.836. The first kappa shape index (κ1) is 20.6. The molecule has 2 aromatic carbocycles. The highest BCUT2D eigenvalue weighted by Crippen LogP contribution is 2.33. The standard InChI is InChI=1S/C22H28N2O3S/c1-17-12-18(2)14-20(13-17)28(26,27)24-11-7-10-22(3,16-24)21(25)23-15-19-8-5-4-6-9-19/h4-6,8-9,12-14H,7,10-11,15-16H2,1-3H3,(H,23,25)/t22-/m1/s1. The van der Waals surface area contributed by atoms with Gasteiger partial charge in [-0.1, -0.05) is 36.4 Å². The largest absolute Gasteiger partial charge is 0.352 e. The molecule has 1 heterocycles. The maximum absolute atomic E-state index is 13.2. The average molecular weight is 401 g/mol. The van der Waals surface area contributed by atoms with Crippen LogP contribution in [-0.2, 0) is 21.4 Å². The van der Waals surface area contributed by atoms with E-state index in [0.29, 0.717) is 30.8 Å². The van der Waals surface area contributed by atoms with Gasteiger partial charge in [0.05, 0.1) is 10.3 Å². The highest BCUT2D eigenvalue weighted by molar-refractivity contribution is 7.89. The Bertz CT molecular complexity index is 937. The highest BCUT2D eigenvalue weighted by Gasteiger charge is 2.41. The number of hydrogen-bond donors (Lipinski definition) is 1. The first-order valence-corrected chi connectivity index (χ1v) is 11.1. The molecule has 0 spiro atoms. The second-order valence-electron chi connectivity index (χ2n) is 7.99. The second kappa shape index (κ2) is 8.05. The van der Waals surface area contributed by atoms with Gasteiger partial charge in [0.1, 0.15) is 0 Å². The SMILES string of the molecule is Cc1cc(C)cc(S(=O)(=O)N2CCC[C@@](C)(C(=O)NCc3ccccc3)C2)c1. The number of aryl methyl sites for hydroxylation is 2. The van der Waals surface area contributed by atoms with Crippen LogP contribution in [0.4, 0.5) is 0 Å². The van der Waals surface area contributed by atoms with Gasteiger partial charge in [-0.2, -0.15) is 4.31 Å². The van der Waals surface area contributed by atoms with Crippen LogP contribution in [0.2, 0.25) is 0 Å². The minimum atomic E-state index is -3.63. The number of nitrogens with zero attached hydrogens (tertiary/aromatic N) is 1. The van der Waals surface area contributed by atoms with E-state index in [1.807, 2.05) is 57.2 Å². The number of piperidine rings is 1. The molecule has 1 atom stereocenters. The van der Waals surface area contributed by atoms with Crippen molar-refractivity contribution in [2.24, 2.45) is 5.41 Å². The van der Waals surface area contributed by atoms with Gasteiger partial charge in [0.15, 0.2) is 0 Å². The molecule has 1 fully saturated rings. The predicted octanol–water partition coefficient (Wildman–Crippen LogP) is 3.41. The number of amides is 1. The number of hydrogen-bond acceptors (Lipinski definition) is 3. The highest BCUT2D eigenvalue weighted by atomic mass is 32.2. The Labute approximate surface area is 167 Å². The summed E-state index contributed by atoms with van der Waals surface area (Å²) >= 11 is 0. The summed E-state index contributed by atoms with van der Waals surface area (Å²) in [5.41, 5.74) is 2.12. The maximum Gasteiger partial charge on any atom is 0.243 e. The zero-order chi connectivity index (χ0) is 20.4. The van der Waals surface area contributed by atoms with E-state index in [4.69, 9.17) is 0 Å². The van der Waals surface area contributed by atoms with Gasteiger partial charge in [0.25, 0.3) is 0 Å². The zero-order valence-electron chi connectivity index (χ0n) is 16.7. The van der Waals surface area contributed by atoms with Gasteiger partial charge < -0.3 is 5.32 Å². The number of nitrogens with one attached hydrogen (secondary N) is 1. The molecule has 150 valence electrons. The van der Waals surface area contributed by atoms with Gasteiger partial charge >= 0.3 is 0 Å². The molecule has 0 saturated carbocycles. The molecule has 6 heteroatoms. The van der Waals surface area contributed by atoms with Crippen molar-refractivity contribution >= 4 is 15.9 Å². The fraction of sp³-hybridized carbons (Fsp3) is 0.409. The van der Waals surface area contributed by atoms with Crippen LogP contribution in [0.15, 0.2) is 53.4 Å². The Morgan fingerprint density at radius 1 is 1.11 bits per heavy atom. The summed E-state index contributed by atoms with van der Waals surface area (Å²) < 4.78 is 27.8. The molecule has 2 aromatic rings. The summed E-state index contributed by atoms with van der Waals surface area (Å²) in [5, 5.41) is 2.98. The second-order valence-corrected chi connectivity index (χ2v) is 9.93. The van der Waals surface area contributed by atoms with E-state index in [1.54, 1.807) is 12.1 Å². The maximum atomic E-state index is 13.2. The Hall–Kier alpha value is -2.18. The Kier molecular flexibility index (Phi) is 5.91. The number of benzene rings is 2. The van der Waals surface area contributed by atoms with E-state index >= 15 is 0 Å². The molecule has 0 aliphatic carbocycles. The summed E-state index contributed by atoms with van der Waals surface area (Å²) in [7, 11) is -3.63. The molecule has 1 amide bonds. The number of rotatable bonds is 5. The third-order valence-corrected chi connectivity index (χ3v) is 7.16. The van der Waals surface area contributed by atoms with Gasteiger partial charge in [-0.05, 0) is 62.4 Å². The molecular formula is C22H28N2O3S. The molecule has 0 unspecified atom stereocenters. The average Bonchev–Trinajstić information content (AvgIpc) is 2.66. The molecule has 3 rings (SSSR count). The monoisotopic (exact) mass is 400 g/mol. The fourth-order valence-corrected chi connectivity index (χ4v) is 5.60. The molecule has 1 aliphatic rings. The first-order chi connectivity index (χ1) is 13.2. The van der Waals surface area contributed by atoms with Crippen LogP contribution >= 0.6 is 0 Å². The van der Waals surface area contributed by atoms with Gasteiger partial charge in [-0.15, -0.1) is 0 Å². The lowest BCUT2D eigenvalue weighted by molar-refractivity contribution is -0.132. The summed E-state index contributed by atoms with van der Waals surface area (Å²) in [6, 6.07) is 15.1. The van der Waals surface area contributed by atoms with Gasteiger partial charge in [-0.3, -0.25) is 4.79 Å². The van der Waals surface area contributed by atoms with Crippen molar-refractivity contribution in [1.29, 1.82) is 0 Å². The number of sulfonamides is 1. The van der Waals surface area contributed by atoms with E-state index in [1.165, 1.54) is 4.31 Å². The molecule has 0 radical (unpaired) electrons. The molecule has 0 aromatic heterocycles. The molecular weight excluding hydrogens is 372 g/mol. The predicted molar refractivity (Wildman–Crippen MR) is 110 cm³/mol. The molecule has 5 nitrogen and oxygen atoms in total. The molecule has 0 bridgehead atoms. The topological polar surface area (TPSA) is 66.5 Å². The molecule has 1 saturated heterocycles. The van der Waals surface area contributed by atoms with Gasteiger partial charge in [-0.25, -0.2) is 8.42 Å². The third-order valence-electron chi connectivity index (χ3n) is 5.34. The molecule has 1 aliphatic heterocycles. The molecule has 28 heavy (non-hydrogen) atoms. The zero-order valence-corrected chi connectivity index (χ0v) is 17.6.